The van der Waals surface area contributed by atoms with Gasteiger partial charge in [0, 0.05) is 15.9 Å². The van der Waals surface area contributed by atoms with Crippen molar-refractivity contribution in [3.8, 4) is 0 Å². The molecular weight excluding hydrogens is 326 g/mol. The maximum absolute atomic E-state index is 12.2. The molecule has 94 valence electrons. The Morgan fingerprint density at radius 2 is 2.00 bits per heavy atom. The zero-order valence-corrected chi connectivity index (χ0v) is 12.2. The largest absolute Gasteiger partial charge is 0.241 e. The maximum atomic E-state index is 12.2. The van der Waals surface area contributed by atoms with Gasteiger partial charge in [-0.05, 0) is 40.9 Å². The Balaban J connectivity index is 2.22. The fourth-order valence-electron chi connectivity index (χ4n) is 1.97. The van der Waals surface area contributed by atoms with Crippen molar-refractivity contribution in [2.75, 3.05) is 0 Å². The summed E-state index contributed by atoms with van der Waals surface area (Å²) in [6.45, 7) is 0. The van der Waals surface area contributed by atoms with Gasteiger partial charge in [-0.15, -0.1) is 11.6 Å². The van der Waals surface area contributed by atoms with Crippen molar-refractivity contribution in [2.45, 2.75) is 35.6 Å². The molecular formula is C11H13BrClNO2S. The van der Waals surface area contributed by atoms with Crippen LogP contribution in [0.25, 0.3) is 0 Å². The first-order valence-electron chi connectivity index (χ1n) is 5.41. The SMILES string of the molecule is O=S(=O)(NC1CCCC1Cl)c1ccccc1Br. The van der Waals surface area contributed by atoms with E-state index in [9.17, 15) is 8.42 Å². The minimum atomic E-state index is -3.49. The monoisotopic (exact) mass is 337 g/mol. The second-order valence-electron chi connectivity index (χ2n) is 4.11. The lowest BCUT2D eigenvalue weighted by Crippen LogP contribution is -2.37. The topological polar surface area (TPSA) is 46.2 Å². The molecule has 1 aromatic rings. The van der Waals surface area contributed by atoms with Crippen LogP contribution in [0.3, 0.4) is 0 Å². The minimum absolute atomic E-state index is 0.104. The average Bonchev–Trinajstić information content (AvgIpc) is 2.64. The molecule has 2 rings (SSSR count). The fourth-order valence-corrected chi connectivity index (χ4v) is 4.71. The fraction of sp³-hybridized carbons (Fsp3) is 0.455. The smallest absolute Gasteiger partial charge is 0.207 e. The predicted molar refractivity (Wildman–Crippen MR) is 71.7 cm³/mol. The van der Waals surface area contributed by atoms with Crippen molar-refractivity contribution >= 4 is 37.6 Å². The number of hydrogen-bond acceptors (Lipinski definition) is 2. The van der Waals surface area contributed by atoms with E-state index in [1.807, 2.05) is 0 Å². The van der Waals surface area contributed by atoms with Crippen LogP contribution in [-0.4, -0.2) is 19.8 Å². The van der Waals surface area contributed by atoms with Crippen molar-refractivity contribution in [2.24, 2.45) is 0 Å². The maximum Gasteiger partial charge on any atom is 0.241 e. The first-order valence-corrected chi connectivity index (χ1v) is 8.13. The lowest BCUT2D eigenvalue weighted by molar-refractivity contribution is 0.553. The van der Waals surface area contributed by atoms with E-state index in [-0.39, 0.29) is 16.3 Å². The highest BCUT2D eigenvalue weighted by molar-refractivity contribution is 9.10. The van der Waals surface area contributed by atoms with E-state index in [1.54, 1.807) is 24.3 Å². The summed E-state index contributed by atoms with van der Waals surface area (Å²) < 4.78 is 27.5. The first-order chi connectivity index (χ1) is 8.00. The van der Waals surface area contributed by atoms with Gasteiger partial charge in [-0.3, -0.25) is 0 Å². The van der Waals surface area contributed by atoms with Gasteiger partial charge in [-0.25, -0.2) is 13.1 Å². The normalized spacial score (nSPS) is 25.1. The van der Waals surface area contributed by atoms with Gasteiger partial charge in [-0.1, -0.05) is 18.6 Å². The van der Waals surface area contributed by atoms with E-state index >= 15 is 0 Å². The third-order valence-electron chi connectivity index (χ3n) is 2.86. The molecule has 6 heteroatoms. The standard InChI is InChI=1S/C11H13BrClNO2S/c12-8-4-1-2-7-11(8)17(15,16)14-10-6-3-5-9(10)13/h1-2,4,7,9-10,14H,3,5-6H2. The molecule has 1 aromatic carbocycles. The Morgan fingerprint density at radius 1 is 1.29 bits per heavy atom. The van der Waals surface area contributed by atoms with Crippen molar-refractivity contribution < 1.29 is 8.42 Å². The Labute approximate surface area is 115 Å². The van der Waals surface area contributed by atoms with E-state index in [0.29, 0.717) is 4.47 Å². The number of benzene rings is 1. The van der Waals surface area contributed by atoms with Gasteiger partial charge in [-0.2, -0.15) is 0 Å². The molecule has 2 unspecified atom stereocenters. The predicted octanol–water partition coefficient (Wildman–Crippen LogP) is 2.89. The first kappa shape index (κ1) is 13.3. The van der Waals surface area contributed by atoms with Gasteiger partial charge in [0.25, 0.3) is 0 Å². The highest BCUT2D eigenvalue weighted by Gasteiger charge is 2.30. The van der Waals surface area contributed by atoms with Gasteiger partial charge in [0.05, 0.1) is 4.90 Å². The van der Waals surface area contributed by atoms with Crippen molar-refractivity contribution in [3.05, 3.63) is 28.7 Å². The molecule has 0 spiro atoms. The zero-order valence-electron chi connectivity index (χ0n) is 9.07. The van der Waals surface area contributed by atoms with Gasteiger partial charge in [0.1, 0.15) is 0 Å². The Kier molecular flexibility index (Phi) is 4.13. The summed E-state index contributed by atoms with van der Waals surface area (Å²) in [6, 6.07) is 6.61. The summed E-state index contributed by atoms with van der Waals surface area (Å²) >= 11 is 9.32. The van der Waals surface area contributed by atoms with Gasteiger partial charge in [0.2, 0.25) is 10.0 Å². The summed E-state index contributed by atoms with van der Waals surface area (Å²) in [5.41, 5.74) is 0. The second-order valence-corrected chi connectivity index (χ2v) is 7.20. The summed E-state index contributed by atoms with van der Waals surface area (Å²) in [5.74, 6) is 0. The van der Waals surface area contributed by atoms with Crippen LogP contribution >= 0.6 is 27.5 Å². The molecule has 0 bridgehead atoms. The van der Waals surface area contributed by atoms with Crippen LogP contribution in [0.2, 0.25) is 0 Å². The lowest BCUT2D eigenvalue weighted by Gasteiger charge is -2.16. The highest BCUT2D eigenvalue weighted by atomic mass is 79.9. The number of nitrogens with one attached hydrogen (secondary N) is 1. The summed E-state index contributed by atoms with van der Waals surface area (Å²) in [7, 11) is -3.49. The van der Waals surface area contributed by atoms with Crippen molar-refractivity contribution in [1.29, 1.82) is 0 Å². The van der Waals surface area contributed by atoms with Gasteiger partial charge < -0.3 is 0 Å². The van der Waals surface area contributed by atoms with Crippen LogP contribution in [0.5, 0.6) is 0 Å². The molecule has 3 nitrogen and oxygen atoms in total. The molecule has 2 atom stereocenters. The average molecular weight is 339 g/mol. The molecule has 1 aliphatic rings. The molecule has 0 aromatic heterocycles. The van der Waals surface area contributed by atoms with E-state index < -0.39 is 10.0 Å². The molecule has 0 aliphatic heterocycles. The van der Waals surface area contributed by atoms with Gasteiger partial charge >= 0.3 is 0 Å². The third kappa shape index (κ3) is 3.02. The number of hydrogen-bond donors (Lipinski definition) is 1. The van der Waals surface area contributed by atoms with Crippen LogP contribution in [0, 0.1) is 0 Å². The molecule has 0 amide bonds. The van der Waals surface area contributed by atoms with Crippen LogP contribution in [-0.2, 0) is 10.0 Å². The highest BCUT2D eigenvalue weighted by Crippen LogP contribution is 2.27. The van der Waals surface area contributed by atoms with Crippen LogP contribution in [0.1, 0.15) is 19.3 Å². The number of rotatable bonds is 3. The van der Waals surface area contributed by atoms with Crippen LogP contribution in [0.15, 0.2) is 33.6 Å². The Morgan fingerprint density at radius 3 is 2.59 bits per heavy atom. The minimum Gasteiger partial charge on any atom is -0.207 e. The zero-order chi connectivity index (χ0) is 12.5. The number of sulfonamides is 1. The lowest BCUT2D eigenvalue weighted by atomic mass is 10.3. The summed E-state index contributed by atoms with van der Waals surface area (Å²) in [4.78, 5) is 0.260. The number of halogens is 2. The molecule has 1 fully saturated rings. The van der Waals surface area contributed by atoms with Crippen molar-refractivity contribution in [3.63, 3.8) is 0 Å². The van der Waals surface area contributed by atoms with E-state index in [1.165, 1.54) is 0 Å². The van der Waals surface area contributed by atoms with Gasteiger partial charge in [0.15, 0.2) is 0 Å². The Bertz CT molecular complexity index is 506. The molecule has 0 saturated heterocycles. The van der Waals surface area contributed by atoms with Crippen molar-refractivity contribution in [1.82, 2.24) is 4.72 Å². The van der Waals surface area contributed by atoms with Crippen LogP contribution < -0.4 is 4.72 Å². The Hall–Kier alpha value is -0.100. The molecule has 0 heterocycles. The molecule has 1 saturated carbocycles. The van der Waals surface area contributed by atoms with E-state index in [4.69, 9.17) is 11.6 Å². The molecule has 0 radical (unpaired) electrons. The third-order valence-corrected chi connectivity index (χ3v) is 5.89. The number of alkyl halides is 1. The van der Waals surface area contributed by atoms with E-state index in [0.717, 1.165) is 19.3 Å². The molecule has 1 N–H and O–H groups in total. The summed E-state index contributed by atoms with van der Waals surface area (Å²) in [5, 5.41) is -0.104. The summed E-state index contributed by atoms with van der Waals surface area (Å²) in [6.07, 6.45) is 2.64. The second kappa shape index (κ2) is 5.26. The molecule has 17 heavy (non-hydrogen) atoms. The molecule has 1 aliphatic carbocycles. The quantitative estimate of drug-likeness (QED) is 0.861. The van der Waals surface area contributed by atoms with E-state index in [2.05, 4.69) is 20.7 Å². The van der Waals surface area contributed by atoms with Crippen LogP contribution in [0.4, 0.5) is 0 Å².